The van der Waals surface area contributed by atoms with Crippen molar-refractivity contribution in [1.29, 1.82) is 0 Å². The van der Waals surface area contributed by atoms with E-state index in [9.17, 15) is 9.35 Å². The molecule has 0 spiro atoms. The quantitative estimate of drug-likeness (QED) is 0.0284. The standard InChI is InChI=1S/C21H42O5S10/c1-2-13-36(24)14-12-32-20-34-19-31-10-11-35-21(23)4-7-30-18-33-17-29-6-3-5-25-26-16-28-9-8-27-15-22/h22H,2-20H2,1H3. The molecular formula is C21H42O5S10. The molecule has 0 saturated carbocycles. The molecule has 0 rings (SSSR count). The van der Waals surface area contributed by atoms with Crippen LogP contribution < -0.4 is 0 Å². The monoisotopic (exact) mass is 694 g/mol. The van der Waals surface area contributed by atoms with Crippen molar-refractivity contribution in [3.05, 3.63) is 0 Å². The Kier molecular flexibility index (Phi) is 37.1. The van der Waals surface area contributed by atoms with Gasteiger partial charge in [0.15, 0.2) is 5.12 Å². The summed E-state index contributed by atoms with van der Waals surface area (Å²) < 4.78 is 11.6. The topological polar surface area (TPSA) is 78.8 Å². The minimum atomic E-state index is -0.631. The Balaban J connectivity index is 3.17. The molecule has 1 unspecified atom stereocenters. The Labute approximate surface area is 260 Å². The first kappa shape index (κ1) is 39.0. The predicted molar refractivity (Wildman–Crippen MR) is 183 cm³/mol. The molecule has 216 valence electrons. The minimum Gasteiger partial charge on any atom is -0.616 e. The van der Waals surface area contributed by atoms with Crippen molar-refractivity contribution in [2.45, 2.75) is 26.2 Å². The maximum absolute atomic E-state index is 12.0. The summed E-state index contributed by atoms with van der Waals surface area (Å²) in [7, 11) is 0. The fourth-order valence-electron chi connectivity index (χ4n) is 2.05. The Bertz CT molecular complexity index is 457. The fraction of sp³-hybridized carbons (Fsp3) is 0.952. The maximum atomic E-state index is 12.0. The molecule has 1 N–H and O–H groups in total. The normalized spacial score (nSPS) is 12.3. The summed E-state index contributed by atoms with van der Waals surface area (Å²) in [5.74, 6) is 9.14. The van der Waals surface area contributed by atoms with Gasteiger partial charge in [-0.05, 0) is 18.6 Å². The first-order valence-electron chi connectivity index (χ1n) is 11.7. The summed E-state index contributed by atoms with van der Waals surface area (Å²) in [5, 5.41) is 13.2. The summed E-state index contributed by atoms with van der Waals surface area (Å²) in [4.78, 5) is 22.2. The number of hydrogen-bond donors (Lipinski definition) is 1. The molecule has 0 aromatic carbocycles. The van der Waals surface area contributed by atoms with Crippen molar-refractivity contribution in [2.24, 2.45) is 0 Å². The van der Waals surface area contributed by atoms with Crippen molar-refractivity contribution >= 4 is 122 Å². The van der Waals surface area contributed by atoms with Crippen LogP contribution in [0.15, 0.2) is 0 Å². The number of hydrogen-bond acceptors (Lipinski definition) is 14. The van der Waals surface area contributed by atoms with Crippen molar-refractivity contribution in [2.75, 3.05) is 90.6 Å². The van der Waals surface area contributed by atoms with E-state index in [0.717, 1.165) is 85.0 Å². The number of thioether (sulfide) groups is 9. The Morgan fingerprint density at radius 3 is 2.11 bits per heavy atom. The lowest BCUT2D eigenvalue weighted by Gasteiger charge is -2.09. The Hall–Kier alpha value is 3.01. The lowest BCUT2D eigenvalue weighted by molar-refractivity contribution is -0.278. The van der Waals surface area contributed by atoms with Gasteiger partial charge in [-0.25, -0.2) is 9.78 Å². The summed E-state index contributed by atoms with van der Waals surface area (Å²) in [5.41, 5.74) is 0. The number of carbonyl (C=O) groups is 1. The molecule has 0 aliphatic carbocycles. The highest BCUT2D eigenvalue weighted by Crippen LogP contribution is 2.21. The molecule has 0 aromatic rings. The summed E-state index contributed by atoms with van der Waals surface area (Å²) in [6.45, 7) is 2.70. The first-order chi connectivity index (χ1) is 17.7. The lowest BCUT2D eigenvalue weighted by Crippen LogP contribution is -2.12. The molecule has 0 fully saturated rings. The second-order valence-electron chi connectivity index (χ2n) is 6.69. The van der Waals surface area contributed by atoms with E-state index in [2.05, 4.69) is 6.92 Å². The van der Waals surface area contributed by atoms with Gasteiger partial charge in [-0.3, -0.25) is 4.79 Å². The molecule has 36 heavy (non-hydrogen) atoms. The van der Waals surface area contributed by atoms with Gasteiger partial charge in [-0.15, -0.1) is 58.8 Å². The Morgan fingerprint density at radius 2 is 1.39 bits per heavy atom. The highest BCUT2D eigenvalue weighted by Gasteiger charge is 2.05. The van der Waals surface area contributed by atoms with Crippen LogP contribution in [0, 0.1) is 0 Å². The second kappa shape index (κ2) is 34.2. The van der Waals surface area contributed by atoms with E-state index >= 15 is 0 Å². The molecule has 5 nitrogen and oxygen atoms in total. The number of rotatable bonds is 30. The van der Waals surface area contributed by atoms with Crippen LogP contribution in [0.25, 0.3) is 0 Å². The average molecular weight is 695 g/mol. The third-order valence-corrected chi connectivity index (χ3v) is 15.7. The highest BCUT2D eigenvalue weighted by molar-refractivity contribution is 8.23. The van der Waals surface area contributed by atoms with Crippen LogP contribution in [0.1, 0.15) is 26.2 Å². The minimum absolute atomic E-state index is 0.178. The number of aliphatic hydroxyl groups is 1. The highest BCUT2D eigenvalue weighted by atomic mass is 32.2. The smallest absolute Gasteiger partial charge is 0.189 e. The van der Waals surface area contributed by atoms with Crippen LogP contribution in [0.4, 0.5) is 0 Å². The van der Waals surface area contributed by atoms with Gasteiger partial charge in [0.05, 0.1) is 12.5 Å². The van der Waals surface area contributed by atoms with Crippen molar-refractivity contribution < 1.29 is 24.2 Å². The molecular weight excluding hydrogens is 653 g/mol. The molecule has 0 amide bonds. The number of aliphatic hydroxyl groups excluding tert-OH is 1. The van der Waals surface area contributed by atoms with E-state index in [-0.39, 0.29) is 5.94 Å². The zero-order chi connectivity index (χ0) is 26.4. The van der Waals surface area contributed by atoms with Crippen molar-refractivity contribution in [3.63, 3.8) is 0 Å². The molecule has 0 radical (unpaired) electrons. The molecule has 0 bridgehead atoms. The Morgan fingerprint density at radius 1 is 0.750 bits per heavy atom. The van der Waals surface area contributed by atoms with Gasteiger partial charge in [0.2, 0.25) is 0 Å². The molecule has 1 atom stereocenters. The van der Waals surface area contributed by atoms with Gasteiger partial charge in [-0.1, -0.05) is 29.9 Å². The van der Waals surface area contributed by atoms with Gasteiger partial charge in [0.25, 0.3) is 0 Å². The van der Waals surface area contributed by atoms with E-state index in [1.807, 2.05) is 70.6 Å². The van der Waals surface area contributed by atoms with Crippen molar-refractivity contribution in [3.8, 4) is 0 Å². The molecule has 0 aliphatic heterocycles. The van der Waals surface area contributed by atoms with Crippen LogP contribution >= 0.6 is 106 Å². The molecule has 0 aliphatic rings. The van der Waals surface area contributed by atoms with Crippen LogP contribution in [-0.4, -0.2) is 105 Å². The fourth-order valence-corrected chi connectivity index (χ4v) is 12.9. The first-order valence-corrected chi connectivity index (χ1v) is 23.4. The van der Waals surface area contributed by atoms with Gasteiger partial charge >= 0.3 is 0 Å². The number of carbonyl (C=O) groups excluding carboxylic acids is 1. The van der Waals surface area contributed by atoms with Crippen LogP contribution in [0.5, 0.6) is 0 Å². The van der Waals surface area contributed by atoms with E-state index in [1.54, 1.807) is 11.8 Å². The SMILES string of the molecule is CCC[S+]([O-])CCSCSCSCCSC(=O)CCSCSCSCCCOOCSCCSCO. The second-order valence-corrected chi connectivity index (χ2v) is 19.5. The zero-order valence-electron chi connectivity index (χ0n) is 21.1. The summed E-state index contributed by atoms with van der Waals surface area (Å²) in [6, 6.07) is 0. The summed E-state index contributed by atoms with van der Waals surface area (Å²) in [6.07, 6.45) is 2.64. The van der Waals surface area contributed by atoms with Gasteiger partial charge in [-0.2, -0.15) is 35.3 Å². The average Bonchev–Trinajstić information content (AvgIpc) is 2.87. The van der Waals surface area contributed by atoms with Crippen molar-refractivity contribution in [1.82, 2.24) is 0 Å². The molecule has 0 aromatic heterocycles. The van der Waals surface area contributed by atoms with Gasteiger partial charge in [0.1, 0.15) is 17.4 Å². The molecule has 0 heterocycles. The van der Waals surface area contributed by atoms with Crippen LogP contribution in [0.3, 0.4) is 0 Å². The lowest BCUT2D eigenvalue weighted by atomic mass is 10.5. The van der Waals surface area contributed by atoms with Gasteiger partial charge in [0, 0.05) is 61.3 Å². The third kappa shape index (κ3) is 33.2. The largest absolute Gasteiger partial charge is 0.616 e. The predicted octanol–water partition coefficient (Wildman–Crippen LogP) is 6.74. The molecule has 0 saturated heterocycles. The zero-order valence-corrected chi connectivity index (χ0v) is 29.3. The summed E-state index contributed by atoms with van der Waals surface area (Å²) >= 11 is 15.4. The maximum Gasteiger partial charge on any atom is 0.189 e. The van der Waals surface area contributed by atoms with E-state index in [0.29, 0.717) is 24.1 Å². The van der Waals surface area contributed by atoms with Crippen LogP contribution in [0.2, 0.25) is 0 Å². The third-order valence-electron chi connectivity index (χ3n) is 3.69. The van der Waals surface area contributed by atoms with Gasteiger partial charge < -0.3 is 9.66 Å². The van der Waals surface area contributed by atoms with Crippen LogP contribution in [-0.2, 0) is 25.7 Å². The van der Waals surface area contributed by atoms with E-state index in [1.165, 1.54) is 23.5 Å². The van der Waals surface area contributed by atoms with E-state index in [4.69, 9.17) is 14.9 Å². The molecule has 15 heteroatoms. The van der Waals surface area contributed by atoms with E-state index < -0.39 is 11.2 Å².